The Bertz CT molecular complexity index is 743. The second kappa shape index (κ2) is 5.79. The van der Waals surface area contributed by atoms with E-state index in [1.54, 1.807) is 6.07 Å². The van der Waals surface area contributed by atoms with E-state index in [2.05, 4.69) is 27.4 Å². The van der Waals surface area contributed by atoms with Gasteiger partial charge in [0.1, 0.15) is 17.4 Å². The summed E-state index contributed by atoms with van der Waals surface area (Å²) in [5, 5.41) is 5.25. The van der Waals surface area contributed by atoms with Crippen molar-refractivity contribution in [3.63, 3.8) is 0 Å². The maximum atomic E-state index is 5.99. The molecule has 1 heterocycles. The fourth-order valence-electron chi connectivity index (χ4n) is 2.21. The van der Waals surface area contributed by atoms with Gasteiger partial charge in [0.15, 0.2) is 0 Å². The molecular weight excluding hydrogens is 262 g/mol. The third-order valence-corrected chi connectivity index (χ3v) is 3.29. The van der Waals surface area contributed by atoms with Gasteiger partial charge in [0.25, 0.3) is 0 Å². The van der Waals surface area contributed by atoms with Crippen LogP contribution in [0.3, 0.4) is 0 Å². The van der Waals surface area contributed by atoms with Crippen LogP contribution in [0.2, 0.25) is 0 Å². The van der Waals surface area contributed by atoms with Gasteiger partial charge in [0, 0.05) is 24.9 Å². The van der Waals surface area contributed by atoms with E-state index in [1.165, 1.54) is 0 Å². The monoisotopic (exact) mass is 279 g/mol. The van der Waals surface area contributed by atoms with Gasteiger partial charge in [0.2, 0.25) is 5.88 Å². The molecule has 0 fully saturated rings. The molecule has 106 valence electrons. The second-order valence-electron chi connectivity index (χ2n) is 4.69. The number of fused-ring (bicyclic) bond motifs is 1. The highest BCUT2D eigenvalue weighted by molar-refractivity contribution is 5.88. The number of anilines is 1. The van der Waals surface area contributed by atoms with Crippen molar-refractivity contribution in [3.8, 4) is 11.6 Å². The van der Waals surface area contributed by atoms with Crippen molar-refractivity contribution in [1.29, 1.82) is 0 Å². The van der Waals surface area contributed by atoms with E-state index in [0.29, 0.717) is 5.88 Å². The number of aryl methyl sites for hydroxylation is 1. The molecule has 3 aromatic rings. The van der Waals surface area contributed by atoms with Gasteiger partial charge in [-0.2, -0.15) is 4.98 Å². The minimum absolute atomic E-state index is 0.558. The number of ether oxygens (including phenoxy) is 1. The Morgan fingerprint density at radius 1 is 1.05 bits per heavy atom. The first-order valence-corrected chi connectivity index (χ1v) is 7.01. The first kappa shape index (κ1) is 13.4. The maximum absolute atomic E-state index is 5.99. The van der Waals surface area contributed by atoms with E-state index < -0.39 is 0 Å². The van der Waals surface area contributed by atoms with Gasteiger partial charge in [-0.3, -0.25) is 0 Å². The van der Waals surface area contributed by atoms with Gasteiger partial charge in [0.05, 0.1) is 0 Å². The Morgan fingerprint density at radius 2 is 1.86 bits per heavy atom. The molecular formula is C17H17N3O. The minimum atomic E-state index is 0.558. The normalized spacial score (nSPS) is 10.6. The van der Waals surface area contributed by atoms with Crippen molar-refractivity contribution >= 4 is 16.6 Å². The van der Waals surface area contributed by atoms with Crippen molar-refractivity contribution in [2.24, 2.45) is 0 Å². The van der Waals surface area contributed by atoms with Gasteiger partial charge in [-0.05, 0) is 11.5 Å². The lowest BCUT2D eigenvalue weighted by molar-refractivity contribution is 0.464. The Morgan fingerprint density at radius 3 is 2.67 bits per heavy atom. The summed E-state index contributed by atoms with van der Waals surface area (Å²) in [4.78, 5) is 8.80. The molecule has 0 bridgehead atoms. The standard InChI is InChI=1S/C17H17N3O/c1-3-15-19-16(18-2)11-17(20-15)21-14-10-6-8-12-7-4-5-9-13(12)14/h4-11H,3H2,1-2H3,(H,18,19,20). The highest BCUT2D eigenvalue weighted by Crippen LogP contribution is 2.29. The first-order valence-electron chi connectivity index (χ1n) is 7.01. The van der Waals surface area contributed by atoms with Crippen LogP contribution in [0.4, 0.5) is 5.82 Å². The molecule has 0 atom stereocenters. The van der Waals surface area contributed by atoms with Crippen molar-refractivity contribution in [3.05, 3.63) is 54.4 Å². The Kier molecular flexibility index (Phi) is 3.69. The number of benzene rings is 2. The second-order valence-corrected chi connectivity index (χ2v) is 4.69. The van der Waals surface area contributed by atoms with E-state index >= 15 is 0 Å². The fourth-order valence-corrected chi connectivity index (χ4v) is 2.21. The summed E-state index contributed by atoms with van der Waals surface area (Å²) in [6, 6.07) is 16.0. The number of nitrogens with one attached hydrogen (secondary N) is 1. The summed E-state index contributed by atoms with van der Waals surface area (Å²) >= 11 is 0. The number of hydrogen-bond donors (Lipinski definition) is 1. The van der Waals surface area contributed by atoms with E-state index in [-0.39, 0.29) is 0 Å². The minimum Gasteiger partial charge on any atom is -0.438 e. The van der Waals surface area contributed by atoms with Crippen molar-refractivity contribution < 1.29 is 4.74 Å². The van der Waals surface area contributed by atoms with E-state index in [1.807, 2.05) is 44.3 Å². The van der Waals surface area contributed by atoms with E-state index in [9.17, 15) is 0 Å². The quantitative estimate of drug-likeness (QED) is 0.783. The smallest absolute Gasteiger partial charge is 0.224 e. The molecule has 4 nitrogen and oxygen atoms in total. The highest BCUT2D eigenvalue weighted by atomic mass is 16.5. The molecule has 1 aromatic heterocycles. The Hall–Kier alpha value is -2.62. The zero-order valence-corrected chi connectivity index (χ0v) is 12.1. The third-order valence-electron chi connectivity index (χ3n) is 3.29. The largest absolute Gasteiger partial charge is 0.438 e. The lowest BCUT2D eigenvalue weighted by Gasteiger charge is -2.10. The van der Waals surface area contributed by atoms with Crippen molar-refractivity contribution in [2.45, 2.75) is 13.3 Å². The number of rotatable bonds is 4. The number of hydrogen-bond acceptors (Lipinski definition) is 4. The zero-order valence-electron chi connectivity index (χ0n) is 12.1. The molecule has 2 aromatic carbocycles. The Labute approximate surface area is 123 Å². The zero-order chi connectivity index (χ0) is 14.7. The maximum Gasteiger partial charge on any atom is 0.224 e. The van der Waals surface area contributed by atoms with Gasteiger partial charge in [-0.15, -0.1) is 0 Å². The average molecular weight is 279 g/mol. The fraction of sp³-hybridized carbons (Fsp3) is 0.176. The van der Waals surface area contributed by atoms with Crippen molar-refractivity contribution in [2.75, 3.05) is 12.4 Å². The molecule has 0 unspecified atom stereocenters. The van der Waals surface area contributed by atoms with Gasteiger partial charge in [-0.1, -0.05) is 43.3 Å². The molecule has 0 aliphatic carbocycles. The molecule has 0 spiro atoms. The number of aromatic nitrogens is 2. The first-order chi connectivity index (χ1) is 10.3. The average Bonchev–Trinajstić information content (AvgIpc) is 2.55. The summed E-state index contributed by atoms with van der Waals surface area (Å²) in [5.41, 5.74) is 0. The Balaban J connectivity index is 2.02. The molecule has 3 rings (SSSR count). The van der Waals surface area contributed by atoms with Gasteiger partial charge in [-0.25, -0.2) is 4.98 Å². The van der Waals surface area contributed by atoms with Crippen LogP contribution < -0.4 is 10.1 Å². The van der Waals surface area contributed by atoms with Gasteiger partial charge < -0.3 is 10.1 Å². The molecule has 0 radical (unpaired) electrons. The van der Waals surface area contributed by atoms with E-state index in [4.69, 9.17) is 4.74 Å². The van der Waals surface area contributed by atoms with Crippen LogP contribution in [-0.4, -0.2) is 17.0 Å². The summed E-state index contributed by atoms with van der Waals surface area (Å²) < 4.78 is 5.99. The van der Waals surface area contributed by atoms with Crippen LogP contribution in [-0.2, 0) is 6.42 Å². The highest BCUT2D eigenvalue weighted by Gasteiger charge is 2.07. The SMILES string of the molecule is CCc1nc(NC)cc(Oc2cccc3ccccc23)n1. The van der Waals surface area contributed by atoms with Crippen LogP contribution in [0.25, 0.3) is 10.8 Å². The number of nitrogens with zero attached hydrogens (tertiary/aromatic N) is 2. The van der Waals surface area contributed by atoms with Gasteiger partial charge >= 0.3 is 0 Å². The van der Waals surface area contributed by atoms with Crippen LogP contribution >= 0.6 is 0 Å². The molecule has 0 aliphatic heterocycles. The van der Waals surface area contributed by atoms with Crippen LogP contribution in [0.1, 0.15) is 12.7 Å². The molecule has 1 N–H and O–H groups in total. The molecule has 21 heavy (non-hydrogen) atoms. The summed E-state index contributed by atoms with van der Waals surface area (Å²) in [6.45, 7) is 2.02. The molecule has 0 saturated heterocycles. The molecule has 0 aliphatic rings. The lowest BCUT2D eigenvalue weighted by Crippen LogP contribution is -2.01. The summed E-state index contributed by atoms with van der Waals surface area (Å²) in [7, 11) is 1.84. The molecule has 0 amide bonds. The van der Waals surface area contributed by atoms with Crippen LogP contribution in [0.5, 0.6) is 11.6 Å². The third kappa shape index (κ3) is 2.79. The van der Waals surface area contributed by atoms with E-state index in [0.717, 1.165) is 34.6 Å². The molecule has 0 saturated carbocycles. The lowest BCUT2D eigenvalue weighted by atomic mass is 10.1. The topological polar surface area (TPSA) is 47.0 Å². The summed E-state index contributed by atoms with van der Waals surface area (Å²) in [6.07, 6.45) is 0.765. The van der Waals surface area contributed by atoms with Crippen molar-refractivity contribution in [1.82, 2.24) is 9.97 Å². The van der Waals surface area contributed by atoms with Crippen LogP contribution in [0, 0.1) is 0 Å². The summed E-state index contributed by atoms with van der Waals surface area (Å²) in [5.74, 6) is 2.88. The van der Waals surface area contributed by atoms with Crippen LogP contribution in [0.15, 0.2) is 48.5 Å². The predicted molar refractivity (Wildman–Crippen MR) is 85.0 cm³/mol. The predicted octanol–water partition coefficient (Wildman–Crippen LogP) is 4.03. The molecule has 4 heteroatoms.